The summed E-state index contributed by atoms with van der Waals surface area (Å²) in [5.41, 5.74) is 1.83. The second-order valence-electron chi connectivity index (χ2n) is 4.59. The fourth-order valence-electron chi connectivity index (χ4n) is 1.78. The highest BCUT2D eigenvalue weighted by molar-refractivity contribution is 7.99. The molecular formula is C17H16N2O2S. The van der Waals surface area contributed by atoms with Crippen molar-refractivity contribution in [2.24, 2.45) is 0 Å². The average molecular weight is 312 g/mol. The number of para-hydroxylation sites is 1. The van der Waals surface area contributed by atoms with E-state index in [0.717, 1.165) is 10.5 Å². The van der Waals surface area contributed by atoms with Crippen molar-refractivity contribution < 1.29 is 9.53 Å². The Morgan fingerprint density at radius 2 is 1.95 bits per heavy atom. The largest absolute Gasteiger partial charge is 0.484 e. The number of anilines is 1. The molecular weight excluding hydrogens is 296 g/mol. The van der Waals surface area contributed by atoms with Gasteiger partial charge in [0.15, 0.2) is 6.61 Å². The van der Waals surface area contributed by atoms with Gasteiger partial charge in [-0.1, -0.05) is 29.8 Å². The van der Waals surface area contributed by atoms with Crippen molar-refractivity contribution in [1.29, 1.82) is 5.26 Å². The first-order valence-corrected chi connectivity index (χ1v) is 7.75. The van der Waals surface area contributed by atoms with Crippen LogP contribution in [0.2, 0.25) is 0 Å². The van der Waals surface area contributed by atoms with Crippen molar-refractivity contribution in [3.8, 4) is 11.8 Å². The summed E-state index contributed by atoms with van der Waals surface area (Å²) < 4.78 is 5.44. The third-order valence-corrected chi connectivity index (χ3v) is 3.78. The maximum absolute atomic E-state index is 12.0. The Kier molecular flexibility index (Phi) is 5.87. The molecule has 2 aromatic carbocycles. The van der Waals surface area contributed by atoms with Crippen molar-refractivity contribution in [3.05, 3.63) is 54.1 Å². The molecule has 0 saturated heterocycles. The van der Waals surface area contributed by atoms with Gasteiger partial charge in [-0.25, -0.2) is 0 Å². The Labute approximate surface area is 134 Å². The Bertz CT molecular complexity index is 678. The van der Waals surface area contributed by atoms with E-state index in [1.54, 1.807) is 0 Å². The molecule has 0 aliphatic carbocycles. The standard InChI is InChI=1S/C17H16N2O2S/c1-13-6-8-14(9-7-13)21-12-17(20)19-15-4-2-3-5-16(15)22-11-10-18/h2-9H,11-12H2,1H3,(H,19,20). The lowest BCUT2D eigenvalue weighted by Crippen LogP contribution is -2.20. The fraction of sp³-hybridized carbons (Fsp3) is 0.176. The third kappa shape index (κ3) is 4.83. The van der Waals surface area contributed by atoms with Crippen LogP contribution in [0.3, 0.4) is 0 Å². The normalized spacial score (nSPS) is 9.82. The van der Waals surface area contributed by atoms with Crippen molar-refractivity contribution in [3.63, 3.8) is 0 Å². The van der Waals surface area contributed by atoms with E-state index in [1.165, 1.54) is 11.8 Å². The predicted molar refractivity (Wildman–Crippen MR) is 88.1 cm³/mol. The van der Waals surface area contributed by atoms with E-state index in [9.17, 15) is 4.79 Å². The molecule has 2 rings (SSSR count). The van der Waals surface area contributed by atoms with Crippen LogP contribution in [0.15, 0.2) is 53.4 Å². The minimum absolute atomic E-state index is 0.0552. The number of amides is 1. The van der Waals surface area contributed by atoms with Gasteiger partial charge in [0.1, 0.15) is 5.75 Å². The Morgan fingerprint density at radius 1 is 1.23 bits per heavy atom. The number of hydrogen-bond acceptors (Lipinski definition) is 4. The molecule has 0 heterocycles. The van der Waals surface area contributed by atoms with Gasteiger partial charge in [-0.2, -0.15) is 5.26 Å². The molecule has 0 unspecified atom stereocenters. The topological polar surface area (TPSA) is 62.1 Å². The lowest BCUT2D eigenvalue weighted by Gasteiger charge is -2.10. The summed E-state index contributed by atoms with van der Waals surface area (Å²) in [6, 6.07) is 17.0. The molecule has 0 fully saturated rings. The smallest absolute Gasteiger partial charge is 0.262 e. The van der Waals surface area contributed by atoms with Crippen molar-refractivity contribution in [2.75, 3.05) is 17.7 Å². The summed E-state index contributed by atoms with van der Waals surface area (Å²) in [6.07, 6.45) is 0. The molecule has 0 bridgehead atoms. The lowest BCUT2D eigenvalue weighted by molar-refractivity contribution is -0.118. The van der Waals surface area contributed by atoms with E-state index in [-0.39, 0.29) is 12.5 Å². The fourth-order valence-corrected chi connectivity index (χ4v) is 2.44. The number of carbonyl (C=O) groups excluding carboxylic acids is 1. The summed E-state index contributed by atoms with van der Waals surface area (Å²) in [5, 5.41) is 11.5. The number of rotatable bonds is 6. The van der Waals surface area contributed by atoms with Crippen LogP contribution in [0.25, 0.3) is 0 Å². The Morgan fingerprint density at radius 3 is 2.68 bits per heavy atom. The van der Waals surface area contributed by atoms with Crippen LogP contribution < -0.4 is 10.1 Å². The summed E-state index contributed by atoms with van der Waals surface area (Å²) >= 11 is 1.39. The molecule has 1 N–H and O–H groups in total. The van der Waals surface area contributed by atoms with Gasteiger partial charge in [-0.05, 0) is 31.2 Å². The predicted octanol–water partition coefficient (Wildman–Crippen LogP) is 3.63. The molecule has 0 spiro atoms. The first-order valence-electron chi connectivity index (χ1n) is 6.77. The second-order valence-corrected chi connectivity index (χ2v) is 5.61. The van der Waals surface area contributed by atoms with Gasteiger partial charge in [-0.15, -0.1) is 11.8 Å². The van der Waals surface area contributed by atoms with E-state index >= 15 is 0 Å². The van der Waals surface area contributed by atoms with Crippen molar-refractivity contribution in [1.82, 2.24) is 0 Å². The molecule has 0 radical (unpaired) electrons. The first-order chi connectivity index (χ1) is 10.7. The Hall–Kier alpha value is -2.45. The first kappa shape index (κ1) is 15.9. The van der Waals surface area contributed by atoms with Crippen molar-refractivity contribution in [2.45, 2.75) is 11.8 Å². The van der Waals surface area contributed by atoms with Gasteiger partial charge in [0.2, 0.25) is 0 Å². The third-order valence-electron chi connectivity index (χ3n) is 2.84. The number of carbonyl (C=O) groups is 1. The van der Waals surface area contributed by atoms with E-state index in [4.69, 9.17) is 10.00 Å². The van der Waals surface area contributed by atoms with Crippen LogP contribution in [-0.2, 0) is 4.79 Å². The summed E-state index contributed by atoms with van der Waals surface area (Å²) in [6.45, 7) is 1.94. The van der Waals surface area contributed by atoms with Crippen LogP contribution in [0.5, 0.6) is 5.75 Å². The number of nitrogens with zero attached hydrogens (tertiary/aromatic N) is 1. The summed E-state index contributed by atoms with van der Waals surface area (Å²) in [7, 11) is 0. The highest BCUT2D eigenvalue weighted by Crippen LogP contribution is 2.26. The molecule has 2 aromatic rings. The molecule has 22 heavy (non-hydrogen) atoms. The minimum atomic E-state index is -0.231. The van der Waals surface area contributed by atoms with Gasteiger partial charge < -0.3 is 10.1 Å². The van der Waals surface area contributed by atoms with Crippen LogP contribution in [0.1, 0.15) is 5.56 Å². The highest BCUT2D eigenvalue weighted by atomic mass is 32.2. The van der Waals surface area contributed by atoms with E-state index in [1.807, 2.05) is 55.5 Å². The monoisotopic (exact) mass is 312 g/mol. The van der Waals surface area contributed by atoms with E-state index < -0.39 is 0 Å². The SMILES string of the molecule is Cc1ccc(OCC(=O)Nc2ccccc2SCC#N)cc1. The number of aryl methyl sites for hydroxylation is 1. The molecule has 4 nitrogen and oxygen atoms in total. The van der Waals surface area contributed by atoms with Crippen LogP contribution in [0, 0.1) is 18.3 Å². The summed E-state index contributed by atoms with van der Waals surface area (Å²) in [5.74, 6) is 0.769. The lowest BCUT2D eigenvalue weighted by atomic mass is 10.2. The number of benzene rings is 2. The molecule has 5 heteroatoms. The minimum Gasteiger partial charge on any atom is -0.484 e. The van der Waals surface area contributed by atoms with E-state index in [0.29, 0.717) is 17.2 Å². The van der Waals surface area contributed by atoms with Gasteiger partial charge in [0, 0.05) is 4.90 Å². The van der Waals surface area contributed by atoms with Gasteiger partial charge in [0.05, 0.1) is 17.5 Å². The number of ether oxygens (including phenoxy) is 1. The molecule has 0 saturated carbocycles. The van der Waals surface area contributed by atoms with E-state index in [2.05, 4.69) is 11.4 Å². The zero-order chi connectivity index (χ0) is 15.8. The molecule has 0 aliphatic heterocycles. The quantitative estimate of drug-likeness (QED) is 0.827. The molecule has 1 amide bonds. The van der Waals surface area contributed by atoms with Crippen molar-refractivity contribution >= 4 is 23.4 Å². The zero-order valence-corrected chi connectivity index (χ0v) is 13.0. The maximum atomic E-state index is 12.0. The van der Waals surface area contributed by atoms with Crippen LogP contribution in [0.4, 0.5) is 5.69 Å². The number of thioether (sulfide) groups is 1. The zero-order valence-electron chi connectivity index (χ0n) is 12.2. The molecule has 0 aromatic heterocycles. The van der Waals surface area contributed by atoms with Gasteiger partial charge >= 0.3 is 0 Å². The van der Waals surface area contributed by atoms with Crippen LogP contribution >= 0.6 is 11.8 Å². The van der Waals surface area contributed by atoms with Crippen LogP contribution in [-0.4, -0.2) is 18.3 Å². The molecule has 0 atom stereocenters. The number of nitrogens with one attached hydrogen (secondary N) is 1. The molecule has 112 valence electrons. The average Bonchev–Trinajstić information content (AvgIpc) is 2.53. The maximum Gasteiger partial charge on any atom is 0.262 e. The second kappa shape index (κ2) is 8.11. The molecule has 0 aliphatic rings. The summed E-state index contributed by atoms with van der Waals surface area (Å²) in [4.78, 5) is 12.8. The van der Waals surface area contributed by atoms with Gasteiger partial charge in [-0.3, -0.25) is 4.79 Å². The Balaban J connectivity index is 1.92. The highest BCUT2D eigenvalue weighted by Gasteiger charge is 2.07. The van der Waals surface area contributed by atoms with Gasteiger partial charge in [0.25, 0.3) is 5.91 Å². The number of hydrogen-bond donors (Lipinski definition) is 1. The number of nitriles is 1.